The summed E-state index contributed by atoms with van der Waals surface area (Å²) < 4.78 is 13.1. The summed E-state index contributed by atoms with van der Waals surface area (Å²) in [5.74, 6) is 0. The molecule has 6 heteroatoms. The summed E-state index contributed by atoms with van der Waals surface area (Å²) in [6.07, 6.45) is 0. The van der Waals surface area contributed by atoms with Crippen LogP contribution in [-0.2, 0) is 32.5 Å². The van der Waals surface area contributed by atoms with Crippen molar-refractivity contribution in [3.8, 4) is 44.8 Å². The number of nitrogens with zero attached hydrogens (tertiary/aromatic N) is 3. The maximum absolute atomic E-state index is 2.47. The Labute approximate surface area is 679 Å². The van der Waals surface area contributed by atoms with Gasteiger partial charge in [-0.25, -0.2) is 0 Å². The van der Waals surface area contributed by atoms with E-state index < -0.39 is 0 Å². The van der Waals surface area contributed by atoms with Crippen molar-refractivity contribution in [1.29, 1.82) is 0 Å². The van der Waals surface area contributed by atoms with E-state index in [-0.39, 0.29) is 32.5 Å². The number of aromatic nitrogens is 2. The lowest BCUT2D eigenvalue weighted by Crippen LogP contribution is -2.43. The van der Waals surface area contributed by atoms with Gasteiger partial charge in [-0.2, -0.15) is 0 Å². The first-order valence-corrected chi connectivity index (χ1v) is 42.8. The second-order valence-electron chi connectivity index (χ2n) is 35.0. The van der Waals surface area contributed by atoms with Crippen molar-refractivity contribution >= 4 is 155 Å². The maximum atomic E-state index is 2.47. The Hall–Kier alpha value is -11.6. The third-order valence-corrected chi connectivity index (χ3v) is 31.7. The van der Waals surface area contributed by atoms with Crippen LogP contribution in [-0.4, -0.2) is 9.13 Å². The summed E-state index contributed by atoms with van der Waals surface area (Å²) in [4.78, 5) is 2.40. The van der Waals surface area contributed by atoms with E-state index in [0.29, 0.717) is 0 Å². The van der Waals surface area contributed by atoms with Crippen LogP contribution >= 0.6 is 34.0 Å². The number of rotatable bonds is 5. The van der Waals surface area contributed by atoms with Gasteiger partial charge in [-0.1, -0.05) is 320 Å². The lowest BCUT2D eigenvalue weighted by atomic mass is 9.55. The minimum absolute atomic E-state index is 0.00312. The van der Waals surface area contributed by atoms with E-state index in [4.69, 9.17) is 0 Å². The van der Waals surface area contributed by atoms with Crippen molar-refractivity contribution in [2.75, 3.05) is 4.90 Å². The number of para-hydroxylation sites is 6. The van der Waals surface area contributed by atoms with E-state index in [1.165, 1.54) is 199 Å². The topological polar surface area (TPSA) is 13.1 Å². The summed E-state index contributed by atoms with van der Waals surface area (Å²) in [6.45, 7) is 29.1. The van der Waals surface area contributed by atoms with Crippen LogP contribution in [0.3, 0.4) is 0 Å². The van der Waals surface area contributed by atoms with Gasteiger partial charge >= 0.3 is 0 Å². The average molecular weight is 1530 g/mol. The van der Waals surface area contributed by atoms with Crippen LogP contribution in [0.2, 0.25) is 0 Å². The van der Waals surface area contributed by atoms with E-state index in [1.807, 2.05) is 34.0 Å². The number of thiophene rings is 3. The van der Waals surface area contributed by atoms with Crippen molar-refractivity contribution < 1.29 is 0 Å². The Morgan fingerprint density at radius 3 is 1.15 bits per heavy atom. The van der Waals surface area contributed by atoms with Gasteiger partial charge in [-0.3, -0.25) is 0 Å². The molecule has 0 fully saturated rings. The Bertz CT molecular complexity index is 7220. The van der Waals surface area contributed by atoms with E-state index in [0.717, 1.165) is 0 Å². The predicted molar refractivity (Wildman–Crippen MR) is 496 cm³/mol. The van der Waals surface area contributed by atoms with Crippen molar-refractivity contribution in [3.63, 3.8) is 0 Å². The Morgan fingerprint density at radius 1 is 0.246 bits per heavy atom. The molecule has 23 rings (SSSR count). The van der Waals surface area contributed by atoms with Crippen LogP contribution in [0.4, 0.5) is 17.1 Å². The van der Waals surface area contributed by atoms with Crippen LogP contribution in [0.5, 0.6) is 0 Å². The second-order valence-corrected chi connectivity index (χ2v) is 38.2. The van der Waals surface area contributed by atoms with Gasteiger partial charge in [0, 0.05) is 106 Å². The van der Waals surface area contributed by atoms with Gasteiger partial charge in [-0.05, 0) is 168 Å². The maximum Gasteiger partial charge on any atom is 0.0640 e. The molecule has 5 aromatic heterocycles. The minimum atomic E-state index is -0.0429. The molecule has 0 unspecified atom stereocenters. The van der Waals surface area contributed by atoms with Crippen molar-refractivity contribution in [1.82, 2.24) is 9.13 Å². The number of benzene rings is 15. The quantitative estimate of drug-likeness (QED) is 0.167. The highest BCUT2D eigenvalue weighted by Gasteiger charge is 2.50. The summed E-state index contributed by atoms with van der Waals surface area (Å²) >= 11 is 5.81. The molecule has 0 radical (unpaired) electrons. The normalized spacial score (nSPS) is 15.6. The molecule has 0 saturated carbocycles. The molecule has 0 amide bonds. The van der Waals surface area contributed by atoms with Crippen molar-refractivity contribution in [2.45, 2.75) is 116 Å². The molecule has 114 heavy (non-hydrogen) atoms. The van der Waals surface area contributed by atoms with Crippen LogP contribution < -0.4 is 4.90 Å². The number of fused-ring (bicyclic) bond motifs is 27. The fraction of sp³-hybridized carbons (Fsp3) is 0.167. The molecule has 20 aromatic rings. The molecule has 3 aliphatic rings. The number of hydrogen-bond donors (Lipinski definition) is 0. The minimum Gasteiger partial charge on any atom is -0.309 e. The van der Waals surface area contributed by atoms with Gasteiger partial charge in [-0.15, -0.1) is 34.0 Å². The fourth-order valence-corrected chi connectivity index (χ4v) is 24.0. The summed E-state index contributed by atoms with van der Waals surface area (Å²) in [7, 11) is 0. The standard InChI is InChI=1S/2C36H29NS.C36H31NS/c1-35(2)27-16-8-5-12-22(27)25-20-21-31-32(33(25)36(35,3)4)26-15-11-19-30(34(26)38-31)37-28-17-9-6-13-23(28)24-14-7-10-18-29(24)37;1-35(2)28-14-8-5-13-27(28)33-29(36(35,3)4)20-19-26-25-18-17-22(21-32(25)38-34(26)33)37-30-15-9-6-11-23(30)24-12-7-10-16-31(24)37;1-35(2)29-20-12-11-18-26(29)27-22-23-31-32(33(27)36(35,3)4)28-19-13-21-30(34(28)38-31)37(24-14-7-5-8-15-24)25-16-9-6-10-17-25/h2*5-21H,1-4H3;5-23H,1-4H3. The zero-order valence-electron chi connectivity index (χ0n) is 66.7. The molecule has 3 aliphatic carbocycles. The van der Waals surface area contributed by atoms with E-state index >= 15 is 0 Å². The summed E-state index contributed by atoms with van der Waals surface area (Å²) in [6, 6.07) is 119. The van der Waals surface area contributed by atoms with Crippen LogP contribution in [0.1, 0.15) is 116 Å². The zero-order valence-corrected chi connectivity index (χ0v) is 69.1. The molecule has 0 spiro atoms. The largest absolute Gasteiger partial charge is 0.309 e. The van der Waals surface area contributed by atoms with Gasteiger partial charge in [0.05, 0.1) is 42.8 Å². The van der Waals surface area contributed by atoms with E-state index in [9.17, 15) is 0 Å². The molecule has 3 nitrogen and oxygen atoms in total. The van der Waals surface area contributed by atoms with Gasteiger partial charge in [0.1, 0.15) is 0 Å². The Kier molecular flexibility index (Phi) is 15.7. The number of hydrogen-bond acceptors (Lipinski definition) is 4. The first-order valence-electron chi connectivity index (χ1n) is 40.3. The molecule has 0 bridgehead atoms. The van der Waals surface area contributed by atoms with Gasteiger partial charge < -0.3 is 14.0 Å². The third kappa shape index (κ3) is 9.90. The lowest BCUT2D eigenvalue weighted by Gasteiger charge is -2.48. The molecular formula is C108H89N3S3. The molecule has 5 heterocycles. The molecule has 0 aliphatic heterocycles. The van der Waals surface area contributed by atoms with Gasteiger partial charge in [0.2, 0.25) is 0 Å². The SMILES string of the molecule is CC1(C)c2ccccc2-c2c(ccc3c2sc2cc(-n4c5ccccc5c5ccccc54)ccc23)C1(C)C.CC1(C)c2ccccc2-c2ccc3sc4c(-n5c6ccccc6c6ccccc65)cccc4c3c2C1(C)C.CC1(C)c2ccccc2-c2ccc3sc4c(N(c5ccccc5)c5ccccc5)cccc4c3c2C1(C)C. The third-order valence-electron chi connectivity index (χ3n) is 28.1. The smallest absolute Gasteiger partial charge is 0.0640 e. The first-order chi connectivity index (χ1) is 55.2. The highest BCUT2D eigenvalue weighted by molar-refractivity contribution is 7.27. The summed E-state index contributed by atoms with van der Waals surface area (Å²) in [5, 5.41) is 13.5. The molecule has 0 saturated heterocycles. The van der Waals surface area contributed by atoms with Crippen LogP contribution in [0, 0.1) is 0 Å². The van der Waals surface area contributed by atoms with Crippen molar-refractivity contribution in [2.24, 2.45) is 0 Å². The highest BCUT2D eigenvalue weighted by atomic mass is 32.1. The van der Waals surface area contributed by atoms with E-state index in [2.05, 4.69) is 419 Å². The molecule has 15 aromatic carbocycles. The van der Waals surface area contributed by atoms with Crippen molar-refractivity contribution in [3.05, 3.63) is 355 Å². The molecular weight excluding hydrogens is 1440 g/mol. The lowest BCUT2D eigenvalue weighted by molar-refractivity contribution is 0.299. The molecule has 0 atom stereocenters. The van der Waals surface area contributed by atoms with Gasteiger partial charge in [0.25, 0.3) is 0 Å². The monoisotopic (exact) mass is 1520 g/mol. The molecule has 554 valence electrons. The Morgan fingerprint density at radius 2 is 0.632 bits per heavy atom. The van der Waals surface area contributed by atoms with E-state index in [1.54, 1.807) is 0 Å². The van der Waals surface area contributed by atoms with Gasteiger partial charge in [0.15, 0.2) is 0 Å². The average Bonchev–Trinajstić information content (AvgIpc) is 1.28. The predicted octanol–water partition coefficient (Wildman–Crippen LogP) is 31.5. The van der Waals surface area contributed by atoms with Crippen LogP contribution in [0.15, 0.2) is 322 Å². The fourth-order valence-electron chi connectivity index (χ4n) is 20.3. The molecule has 0 N–H and O–H groups in total. The summed E-state index contributed by atoms with van der Waals surface area (Å²) in [5.41, 5.74) is 28.2. The van der Waals surface area contributed by atoms with Crippen LogP contribution in [0.25, 0.3) is 149 Å². The Balaban J connectivity index is 0.000000107. The highest BCUT2D eigenvalue weighted by Crippen LogP contribution is 2.62. The zero-order chi connectivity index (χ0) is 77.7. The number of anilines is 3. The first kappa shape index (κ1) is 70.2. The second kappa shape index (κ2) is 25.4.